The van der Waals surface area contributed by atoms with Gasteiger partial charge >= 0.3 is 10.2 Å². The summed E-state index contributed by atoms with van der Waals surface area (Å²) < 4.78 is 33.2. The summed E-state index contributed by atoms with van der Waals surface area (Å²) in [5, 5.41) is 9.69. The molecule has 0 spiro atoms. The number of halogens is 1. The van der Waals surface area contributed by atoms with Crippen LogP contribution in [0.2, 0.25) is 0 Å². The molecule has 1 aromatic carbocycles. The molecule has 0 saturated carbocycles. The Hall–Kier alpha value is -2.15. The Morgan fingerprint density at radius 2 is 2.13 bits per heavy atom. The van der Waals surface area contributed by atoms with Crippen molar-refractivity contribution in [2.45, 2.75) is 0 Å². The first-order valence-corrected chi connectivity index (χ1v) is 8.63. The van der Waals surface area contributed by atoms with Gasteiger partial charge in [0.25, 0.3) is 0 Å². The highest BCUT2D eigenvalue weighted by atomic mass is 79.9. The summed E-state index contributed by atoms with van der Waals surface area (Å²) in [5.74, 6) is 0.401. The zero-order valence-electron chi connectivity index (χ0n) is 12.2. The number of oxazole rings is 1. The van der Waals surface area contributed by atoms with Gasteiger partial charge in [-0.3, -0.25) is 0 Å². The minimum atomic E-state index is -3.72. The van der Waals surface area contributed by atoms with Crippen LogP contribution in [0.1, 0.15) is 5.56 Å². The van der Waals surface area contributed by atoms with E-state index in [0.29, 0.717) is 32.4 Å². The second-order valence-electron chi connectivity index (χ2n) is 4.94. The van der Waals surface area contributed by atoms with Gasteiger partial charge < -0.3 is 4.42 Å². The predicted octanol–water partition coefficient (Wildman–Crippen LogP) is 2.58. The van der Waals surface area contributed by atoms with Crippen LogP contribution in [0, 0.1) is 11.3 Å². The SMILES string of the molecule is CN(C)S(=O)(=O)n1cc(-c2ocnc2Br)c2cc(C#N)ccc21. The van der Waals surface area contributed by atoms with Crippen LogP contribution in [0.4, 0.5) is 0 Å². The molecule has 3 rings (SSSR count). The number of nitriles is 1. The van der Waals surface area contributed by atoms with Gasteiger partial charge in [0.1, 0.15) is 0 Å². The van der Waals surface area contributed by atoms with Gasteiger partial charge in [-0.15, -0.1) is 0 Å². The molecule has 2 heterocycles. The lowest BCUT2D eigenvalue weighted by Crippen LogP contribution is -2.28. The molecular weight excluding hydrogens is 384 g/mol. The lowest BCUT2D eigenvalue weighted by atomic mass is 10.1. The van der Waals surface area contributed by atoms with Gasteiger partial charge in [0.2, 0.25) is 0 Å². The van der Waals surface area contributed by atoms with Crippen molar-refractivity contribution >= 4 is 37.0 Å². The third kappa shape index (κ3) is 2.45. The van der Waals surface area contributed by atoms with Crippen molar-refractivity contribution < 1.29 is 12.8 Å². The number of hydrogen-bond acceptors (Lipinski definition) is 5. The van der Waals surface area contributed by atoms with Crippen LogP contribution in [0.5, 0.6) is 0 Å². The summed E-state index contributed by atoms with van der Waals surface area (Å²) in [5.41, 5.74) is 1.41. The van der Waals surface area contributed by atoms with Crippen molar-refractivity contribution in [1.82, 2.24) is 13.3 Å². The molecule has 23 heavy (non-hydrogen) atoms. The number of hydrogen-bond donors (Lipinski definition) is 0. The summed E-state index contributed by atoms with van der Waals surface area (Å²) in [6.07, 6.45) is 2.73. The maximum atomic E-state index is 12.5. The van der Waals surface area contributed by atoms with E-state index in [4.69, 9.17) is 9.68 Å². The highest BCUT2D eigenvalue weighted by Crippen LogP contribution is 2.36. The van der Waals surface area contributed by atoms with Crippen molar-refractivity contribution in [3.63, 3.8) is 0 Å². The molecule has 0 aliphatic rings. The van der Waals surface area contributed by atoms with Gasteiger partial charge in [0, 0.05) is 31.2 Å². The molecule has 2 aromatic heterocycles. The summed E-state index contributed by atoms with van der Waals surface area (Å²) in [6, 6.07) is 6.85. The average Bonchev–Trinajstić information content (AvgIpc) is 3.09. The van der Waals surface area contributed by atoms with Crippen LogP contribution in [-0.2, 0) is 10.2 Å². The molecule has 0 aliphatic carbocycles. The molecule has 0 saturated heterocycles. The molecule has 3 aromatic rings. The van der Waals surface area contributed by atoms with Gasteiger partial charge in [-0.1, -0.05) is 0 Å². The standard InChI is InChI=1S/C14H11BrN4O3S/c1-18(2)23(20,21)19-7-11(13-14(15)17-8-22-13)10-5-9(6-16)3-4-12(10)19/h3-5,7-8H,1-2H3. The van der Waals surface area contributed by atoms with Crippen LogP contribution in [-0.4, -0.2) is 35.8 Å². The van der Waals surface area contributed by atoms with Crippen LogP contribution < -0.4 is 0 Å². The van der Waals surface area contributed by atoms with E-state index in [2.05, 4.69) is 20.9 Å². The smallest absolute Gasteiger partial charge is 0.307 e. The van der Waals surface area contributed by atoms with Crippen LogP contribution >= 0.6 is 15.9 Å². The Labute approximate surface area is 141 Å². The molecule has 0 amide bonds. The third-order valence-corrected chi connectivity index (χ3v) is 5.67. The molecule has 0 N–H and O–H groups in total. The van der Waals surface area contributed by atoms with Crippen LogP contribution in [0.3, 0.4) is 0 Å². The number of rotatable bonds is 3. The minimum Gasteiger partial charge on any atom is -0.442 e. The number of fused-ring (bicyclic) bond motifs is 1. The Kier molecular flexibility index (Phi) is 3.75. The summed E-state index contributed by atoms with van der Waals surface area (Å²) in [7, 11) is -0.810. The van der Waals surface area contributed by atoms with E-state index in [1.54, 1.807) is 18.2 Å². The minimum absolute atomic E-state index is 0.401. The summed E-state index contributed by atoms with van der Waals surface area (Å²) >= 11 is 3.27. The van der Waals surface area contributed by atoms with Gasteiger partial charge in [-0.2, -0.15) is 18.0 Å². The molecule has 0 radical (unpaired) electrons. The van der Waals surface area contributed by atoms with E-state index in [1.165, 1.54) is 26.7 Å². The van der Waals surface area contributed by atoms with Crippen LogP contribution in [0.15, 0.2) is 39.8 Å². The van der Waals surface area contributed by atoms with E-state index in [-0.39, 0.29) is 0 Å². The Bertz CT molecular complexity index is 1040. The van der Waals surface area contributed by atoms with Crippen molar-refractivity contribution in [3.05, 3.63) is 41.0 Å². The Balaban J connectivity index is 2.42. The molecule has 0 aliphatic heterocycles. The summed E-state index contributed by atoms with van der Waals surface area (Å²) in [4.78, 5) is 3.96. The second-order valence-corrected chi connectivity index (χ2v) is 7.72. The van der Waals surface area contributed by atoms with Gasteiger partial charge in [0.15, 0.2) is 16.8 Å². The van der Waals surface area contributed by atoms with Crippen molar-refractivity contribution in [3.8, 4) is 17.4 Å². The fourth-order valence-electron chi connectivity index (χ4n) is 2.22. The quantitative estimate of drug-likeness (QED) is 0.680. The van der Waals surface area contributed by atoms with Crippen LogP contribution in [0.25, 0.3) is 22.2 Å². The highest BCUT2D eigenvalue weighted by molar-refractivity contribution is 9.10. The first-order valence-electron chi connectivity index (χ1n) is 6.44. The van der Waals surface area contributed by atoms with E-state index < -0.39 is 10.2 Å². The molecule has 0 atom stereocenters. The zero-order chi connectivity index (χ0) is 16.8. The fraction of sp³-hybridized carbons (Fsp3) is 0.143. The van der Waals surface area contributed by atoms with E-state index in [1.807, 2.05) is 6.07 Å². The van der Waals surface area contributed by atoms with Gasteiger partial charge in [-0.25, -0.2) is 8.96 Å². The zero-order valence-corrected chi connectivity index (χ0v) is 14.6. The van der Waals surface area contributed by atoms with E-state index >= 15 is 0 Å². The monoisotopic (exact) mass is 394 g/mol. The van der Waals surface area contributed by atoms with Gasteiger partial charge in [0.05, 0.1) is 17.1 Å². The topological polar surface area (TPSA) is 92.1 Å². The molecular formula is C14H11BrN4O3S. The Morgan fingerprint density at radius 1 is 1.39 bits per heavy atom. The lowest BCUT2D eigenvalue weighted by Gasteiger charge is -2.13. The molecule has 0 unspecified atom stereocenters. The normalized spacial score (nSPS) is 12.0. The molecule has 118 valence electrons. The first-order chi connectivity index (χ1) is 10.9. The van der Waals surface area contributed by atoms with Crippen molar-refractivity contribution in [2.24, 2.45) is 0 Å². The molecule has 0 bridgehead atoms. The number of aromatic nitrogens is 2. The molecule has 0 fully saturated rings. The van der Waals surface area contributed by atoms with E-state index in [0.717, 1.165) is 8.28 Å². The second kappa shape index (κ2) is 5.49. The number of benzene rings is 1. The Morgan fingerprint density at radius 3 is 2.70 bits per heavy atom. The maximum absolute atomic E-state index is 12.5. The first kappa shape index (κ1) is 15.7. The molecule has 7 nitrogen and oxygen atoms in total. The predicted molar refractivity (Wildman–Crippen MR) is 87.9 cm³/mol. The number of nitrogens with zero attached hydrogens (tertiary/aromatic N) is 4. The van der Waals surface area contributed by atoms with Crippen molar-refractivity contribution in [1.29, 1.82) is 5.26 Å². The third-order valence-electron chi connectivity index (χ3n) is 3.38. The van der Waals surface area contributed by atoms with Crippen molar-refractivity contribution in [2.75, 3.05) is 14.1 Å². The maximum Gasteiger partial charge on any atom is 0.307 e. The molecule has 9 heteroatoms. The fourth-order valence-corrected chi connectivity index (χ4v) is 3.61. The highest BCUT2D eigenvalue weighted by Gasteiger charge is 2.24. The van der Waals surface area contributed by atoms with Gasteiger partial charge in [-0.05, 0) is 34.1 Å². The average molecular weight is 395 g/mol. The van der Waals surface area contributed by atoms with E-state index in [9.17, 15) is 8.42 Å². The largest absolute Gasteiger partial charge is 0.442 e. The summed E-state index contributed by atoms with van der Waals surface area (Å²) in [6.45, 7) is 0. The lowest BCUT2D eigenvalue weighted by molar-refractivity contribution is 0.512.